The van der Waals surface area contributed by atoms with Crippen molar-refractivity contribution in [2.45, 2.75) is 6.42 Å². The summed E-state index contributed by atoms with van der Waals surface area (Å²) in [7, 11) is 0. The molecule has 0 aliphatic carbocycles. The number of hydrogen-bond donors (Lipinski definition) is 0. The van der Waals surface area contributed by atoms with Crippen LogP contribution in [0.4, 0.5) is 0 Å². The van der Waals surface area contributed by atoms with E-state index in [1.165, 1.54) is 4.70 Å². The van der Waals surface area contributed by atoms with Crippen molar-refractivity contribution in [3.05, 3.63) is 35.3 Å². The van der Waals surface area contributed by atoms with Gasteiger partial charge in [-0.1, -0.05) is 34.1 Å². The SMILES string of the molecule is BrCCC=Cc1nc2ccccc2s1. The van der Waals surface area contributed by atoms with Crippen LogP contribution in [0.1, 0.15) is 11.4 Å². The van der Waals surface area contributed by atoms with E-state index in [0.29, 0.717) is 0 Å². The largest absolute Gasteiger partial charge is 0.237 e. The van der Waals surface area contributed by atoms with E-state index in [4.69, 9.17) is 0 Å². The number of benzene rings is 1. The van der Waals surface area contributed by atoms with Crippen LogP contribution in [0.3, 0.4) is 0 Å². The zero-order chi connectivity index (χ0) is 9.80. The molecule has 0 saturated heterocycles. The average Bonchev–Trinajstić information content (AvgIpc) is 2.60. The summed E-state index contributed by atoms with van der Waals surface area (Å²) in [6.45, 7) is 0. The molecule has 0 amide bonds. The maximum absolute atomic E-state index is 4.50. The summed E-state index contributed by atoms with van der Waals surface area (Å²) in [5, 5.41) is 2.10. The predicted octanol–water partition coefficient (Wildman–Crippen LogP) is 4.09. The lowest BCUT2D eigenvalue weighted by atomic mass is 10.3. The third-order valence-electron chi connectivity index (χ3n) is 1.85. The molecule has 1 aromatic heterocycles. The summed E-state index contributed by atoms with van der Waals surface area (Å²) in [4.78, 5) is 4.50. The summed E-state index contributed by atoms with van der Waals surface area (Å²) in [5.74, 6) is 0. The molecular formula is C11H10BrNS. The van der Waals surface area contributed by atoms with Crippen LogP contribution in [0, 0.1) is 0 Å². The van der Waals surface area contributed by atoms with Gasteiger partial charge >= 0.3 is 0 Å². The highest BCUT2D eigenvalue weighted by Gasteiger charge is 1.98. The highest BCUT2D eigenvalue weighted by molar-refractivity contribution is 9.09. The molecule has 0 atom stereocenters. The molecule has 0 spiro atoms. The smallest absolute Gasteiger partial charge is 0.117 e. The van der Waals surface area contributed by atoms with Crippen LogP contribution in [0.15, 0.2) is 30.3 Å². The molecule has 3 heteroatoms. The van der Waals surface area contributed by atoms with E-state index in [2.05, 4.69) is 39.1 Å². The maximum atomic E-state index is 4.50. The fourth-order valence-electron chi connectivity index (χ4n) is 1.21. The minimum absolute atomic E-state index is 1.01. The first-order valence-electron chi connectivity index (χ1n) is 4.48. The van der Waals surface area contributed by atoms with Crippen molar-refractivity contribution in [3.8, 4) is 0 Å². The number of aromatic nitrogens is 1. The molecule has 0 aliphatic heterocycles. The number of para-hydroxylation sites is 1. The number of fused-ring (bicyclic) bond motifs is 1. The molecule has 0 radical (unpaired) electrons. The zero-order valence-electron chi connectivity index (χ0n) is 7.61. The third-order valence-corrected chi connectivity index (χ3v) is 3.31. The number of hydrogen-bond acceptors (Lipinski definition) is 2. The zero-order valence-corrected chi connectivity index (χ0v) is 10.0. The lowest BCUT2D eigenvalue weighted by Crippen LogP contribution is -1.69. The van der Waals surface area contributed by atoms with Gasteiger partial charge in [-0.25, -0.2) is 4.98 Å². The van der Waals surface area contributed by atoms with Crippen LogP contribution in [0.5, 0.6) is 0 Å². The molecule has 0 aliphatic rings. The lowest BCUT2D eigenvalue weighted by molar-refractivity contribution is 1.27. The highest BCUT2D eigenvalue weighted by Crippen LogP contribution is 2.22. The van der Waals surface area contributed by atoms with Crippen molar-refractivity contribution in [2.75, 3.05) is 5.33 Å². The van der Waals surface area contributed by atoms with Crippen molar-refractivity contribution < 1.29 is 0 Å². The van der Waals surface area contributed by atoms with Gasteiger partial charge < -0.3 is 0 Å². The first-order valence-corrected chi connectivity index (χ1v) is 6.42. The van der Waals surface area contributed by atoms with Crippen molar-refractivity contribution in [3.63, 3.8) is 0 Å². The summed E-state index contributed by atoms with van der Waals surface area (Å²) in [6.07, 6.45) is 5.29. The molecule has 0 bridgehead atoms. The quantitative estimate of drug-likeness (QED) is 0.764. The molecule has 1 heterocycles. The van der Waals surface area contributed by atoms with E-state index in [0.717, 1.165) is 22.3 Å². The standard InChI is InChI=1S/C11H10BrNS/c12-8-4-3-7-11-13-9-5-1-2-6-10(9)14-11/h1-3,5-7H,4,8H2. The van der Waals surface area contributed by atoms with E-state index >= 15 is 0 Å². The lowest BCUT2D eigenvalue weighted by Gasteiger charge is -1.81. The van der Waals surface area contributed by atoms with Crippen molar-refractivity contribution in [1.82, 2.24) is 4.98 Å². The van der Waals surface area contributed by atoms with Crippen LogP contribution in [0.2, 0.25) is 0 Å². The van der Waals surface area contributed by atoms with E-state index in [1.807, 2.05) is 18.2 Å². The van der Waals surface area contributed by atoms with Crippen molar-refractivity contribution >= 4 is 43.6 Å². The molecule has 14 heavy (non-hydrogen) atoms. The Balaban J connectivity index is 2.27. The summed E-state index contributed by atoms with van der Waals surface area (Å²) in [6, 6.07) is 8.23. The Kier molecular flexibility index (Phi) is 3.32. The van der Waals surface area contributed by atoms with E-state index in [9.17, 15) is 0 Å². The summed E-state index contributed by atoms with van der Waals surface area (Å²) < 4.78 is 1.26. The number of nitrogens with zero attached hydrogens (tertiary/aromatic N) is 1. The second-order valence-corrected chi connectivity index (χ2v) is 4.76. The maximum Gasteiger partial charge on any atom is 0.117 e. The second kappa shape index (κ2) is 4.71. The van der Waals surface area contributed by atoms with Gasteiger partial charge in [-0.15, -0.1) is 11.3 Å². The first kappa shape index (κ1) is 9.87. The van der Waals surface area contributed by atoms with Gasteiger partial charge in [0.2, 0.25) is 0 Å². The number of rotatable bonds is 3. The van der Waals surface area contributed by atoms with E-state index in [-0.39, 0.29) is 0 Å². The van der Waals surface area contributed by atoms with Gasteiger partial charge in [-0.05, 0) is 24.6 Å². The number of allylic oxidation sites excluding steroid dienone is 1. The van der Waals surface area contributed by atoms with Gasteiger partial charge in [0.15, 0.2) is 0 Å². The topological polar surface area (TPSA) is 12.9 Å². The Labute approximate surface area is 95.6 Å². The second-order valence-electron chi connectivity index (χ2n) is 2.90. The van der Waals surface area contributed by atoms with Crippen LogP contribution in [-0.2, 0) is 0 Å². The van der Waals surface area contributed by atoms with Gasteiger partial charge in [-0.2, -0.15) is 0 Å². The van der Waals surface area contributed by atoms with Gasteiger partial charge in [0, 0.05) is 5.33 Å². The molecular weight excluding hydrogens is 258 g/mol. The summed E-state index contributed by atoms with van der Waals surface area (Å²) >= 11 is 5.12. The van der Waals surface area contributed by atoms with Crippen LogP contribution in [-0.4, -0.2) is 10.3 Å². The molecule has 1 aromatic carbocycles. The van der Waals surface area contributed by atoms with E-state index < -0.39 is 0 Å². The number of halogens is 1. The predicted molar refractivity (Wildman–Crippen MR) is 67.1 cm³/mol. The molecule has 0 unspecified atom stereocenters. The van der Waals surface area contributed by atoms with Gasteiger partial charge in [0.1, 0.15) is 5.01 Å². The Hall–Kier alpha value is -0.670. The van der Waals surface area contributed by atoms with Gasteiger partial charge in [0.05, 0.1) is 10.2 Å². The first-order chi connectivity index (χ1) is 6.90. The molecule has 0 fully saturated rings. The Bertz CT molecular complexity index is 414. The number of alkyl halides is 1. The van der Waals surface area contributed by atoms with Crippen LogP contribution >= 0.6 is 27.3 Å². The minimum atomic E-state index is 1.01. The third kappa shape index (κ3) is 2.22. The normalized spacial score (nSPS) is 11.5. The highest BCUT2D eigenvalue weighted by atomic mass is 79.9. The van der Waals surface area contributed by atoms with Crippen molar-refractivity contribution in [2.24, 2.45) is 0 Å². The molecule has 1 nitrogen and oxygen atoms in total. The fraction of sp³-hybridized carbons (Fsp3) is 0.182. The molecule has 0 N–H and O–H groups in total. The molecule has 0 saturated carbocycles. The van der Waals surface area contributed by atoms with Crippen LogP contribution < -0.4 is 0 Å². The van der Waals surface area contributed by atoms with Crippen molar-refractivity contribution in [1.29, 1.82) is 0 Å². The fourth-order valence-corrected chi connectivity index (χ4v) is 2.37. The Morgan fingerprint density at radius 1 is 1.36 bits per heavy atom. The average molecular weight is 268 g/mol. The summed E-state index contributed by atoms with van der Waals surface area (Å²) in [5.41, 5.74) is 1.09. The molecule has 2 aromatic rings. The Morgan fingerprint density at radius 2 is 2.21 bits per heavy atom. The Morgan fingerprint density at radius 3 is 3.00 bits per heavy atom. The van der Waals surface area contributed by atoms with Gasteiger partial charge in [0.25, 0.3) is 0 Å². The monoisotopic (exact) mass is 267 g/mol. The molecule has 2 rings (SSSR count). The number of thiazole rings is 1. The van der Waals surface area contributed by atoms with Crippen LogP contribution in [0.25, 0.3) is 16.3 Å². The van der Waals surface area contributed by atoms with E-state index in [1.54, 1.807) is 11.3 Å². The van der Waals surface area contributed by atoms with Gasteiger partial charge in [-0.3, -0.25) is 0 Å². The molecule has 72 valence electrons. The minimum Gasteiger partial charge on any atom is -0.237 e.